The zero-order chi connectivity index (χ0) is 22.5. The van der Waals surface area contributed by atoms with Crippen LogP contribution in [0.2, 0.25) is 0 Å². The Morgan fingerprint density at radius 1 is 1.19 bits per heavy atom. The fourth-order valence-corrected chi connectivity index (χ4v) is 4.49. The monoisotopic (exact) mass is 433 g/mol. The molecule has 1 N–H and O–H groups in total. The van der Waals surface area contributed by atoms with Gasteiger partial charge in [0.2, 0.25) is 5.91 Å². The van der Waals surface area contributed by atoms with Crippen molar-refractivity contribution in [2.45, 2.75) is 38.8 Å². The van der Waals surface area contributed by atoms with E-state index in [9.17, 15) is 4.79 Å². The number of likely N-dealkylation sites (tertiary alicyclic amines) is 1. The summed E-state index contributed by atoms with van der Waals surface area (Å²) in [4.78, 5) is 21.6. The minimum Gasteiger partial charge on any atom is -0.497 e. The van der Waals surface area contributed by atoms with Gasteiger partial charge in [-0.25, -0.2) is 0 Å². The van der Waals surface area contributed by atoms with Crippen LogP contribution in [-0.4, -0.2) is 58.1 Å². The summed E-state index contributed by atoms with van der Waals surface area (Å²) in [5, 5.41) is 7.54. The molecule has 0 radical (unpaired) electrons. The lowest BCUT2D eigenvalue weighted by Crippen LogP contribution is -2.43. The molecule has 7 nitrogen and oxygen atoms in total. The summed E-state index contributed by atoms with van der Waals surface area (Å²) in [6.45, 7) is 3.91. The molecule has 1 atom stereocenters. The third-order valence-electron chi connectivity index (χ3n) is 6.15. The second-order valence-electron chi connectivity index (χ2n) is 8.51. The van der Waals surface area contributed by atoms with Crippen molar-refractivity contribution in [2.24, 2.45) is 0 Å². The van der Waals surface area contributed by atoms with Gasteiger partial charge in [-0.15, -0.1) is 0 Å². The van der Waals surface area contributed by atoms with Crippen LogP contribution in [0.25, 0.3) is 11.1 Å². The number of hydrogen-bond donors (Lipinski definition) is 1. The van der Waals surface area contributed by atoms with E-state index in [2.05, 4.69) is 27.0 Å². The maximum absolute atomic E-state index is 13.3. The molecule has 1 aliphatic rings. The smallest absolute Gasteiger partial charge is 0.237 e. The summed E-state index contributed by atoms with van der Waals surface area (Å²) in [5.74, 6) is 0.987. The normalized spacial score (nSPS) is 16.4. The van der Waals surface area contributed by atoms with E-state index in [1.165, 1.54) is 0 Å². The second kappa shape index (κ2) is 9.96. The van der Waals surface area contributed by atoms with Crippen molar-refractivity contribution in [2.75, 3.05) is 27.2 Å². The van der Waals surface area contributed by atoms with Crippen molar-refractivity contribution in [1.82, 2.24) is 25.0 Å². The lowest BCUT2D eigenvalue weighted by atomic mass is 9.93. The maximum Gasteiger partial charge on any atom is 0.237 e. The van der Waals surface area contributed by atoms with Crippen molar-refractivity contribution in [3.8, 4) is 16.9 Å². The molecule has 0 saturated carbocycles. The Balaban J connectivity index is 1.48. The fourth-order valence-electron chi connectivity index (χ4n) is 4.49. The largest absolute Gasteiger partial charge is 0.497 e. The van der Waals surface area contributed by atoms with Crippen LogP contribution in [0.3, 0.4) is 0 Å². The van der Waals surface area contributed by atoms with Gasteiger partial charge < -0.3 is 9.64 Å². The average Bonchev–Trinajstić information content (AvgIpc) is 3.29. The summed E-state index contributed by atoms with van der Waals surface area (Å²) < 4.78 is 5.23. The number of amides is 1. The number of ether oxygens (including phenoxy) is 1. The standard InChI is InChI=1S/C25H31N5O2/c1-18-14-26-12-11-21(18)22-15-27-28-25(22)23-6-4-5-13-30(23)24(31)17-29(2)16-19-7-9-20(32-3)10-8-19/h7-12,14-15,23H,4-6,13,16-17H2,1-3H3,(H,27,28)/t23-/m0/s1. The van der Waals surface area contributed by atoms with E-state index < -0.39 is 0 Å². The molecular formula is C25H31N5O2. The van der Waals surface area contributed by atoms with E-state index in [1.807, 2.05) is 54.7 Å². The summed E-state index contributed by atoms with van der Waals surface area (Å²) in [6.07, 6.45) is 8.60. The number of piperidine rings is 1. The number of methoxy groups -OCH3 is 1. The summed E-state index contributed by atoms with van der Waals surface area (Å²) in [6, 6.07) is 10.0. The van der Waals surface area contributed by atoms with Gasteiger partial charge in [0.15, 0.2) is 0 Å². The number of rotatable bonds is 7. The first-order valence-electron chi connectivity index (χ1n) is 11.1. The topological polar surface area (TPSA) is 74.3 Å². The fraction of sp³-hybridized carbons (Fsp3) is 0.400. The molecule has 3 heterocycles. The minimum absolute atomic E-state index is 0.00991. The van der Waals surface area contributed by atoms with E-state index in [0.717, 1.165) is 59.5 Å². The van der Waals surface area contributed by atoms with Crippen molar-refractivity contribution < 1.29 is 9.53 Å². The highest BCUT2D eigenvalue weighted by molar-refractivity contribution is 5.79. The SMILES string of the molecule is COc1ccc(CN(C)CC(=O)N2CCCC[C@H]2c2[nH]ncc2-c2ccncc2C)cc1. The predicted molar refractivity (Wildman–Crippen MR) is 124 cm³/mol. The van der Waals surface area contributed by atoms with Crippen LogP contribution < -0.4 is 4.74 Å². The Labute approximate surface area is 189 Å². The minimum atomic E-state index is 0.00991. The van der Waals surface area contributed by atoms with Gasteiger partial charge in [0.25, 0.3) is 0 Å². The molecule has 2 aromatic heterocycles. The number of likely N-dealkylation sites (N-methyl/N-ethyl adjacent to an activating group) is 1. The Kier molecular flexibility index (Phi) is 6.85. The summed E-state index contributed by atoms with van der Waals surface area (Å²) in [5.41, 5.74) is 5.44. The number of H-pyrrole nitrogens is 1. The van der Waals surface area contributed by atoms with Crippen LogP contribution >= 0.6 is 0 Å². The quantitative estimate of drug-likeness (QED) is 0.610. The van der Waals surface area contributed by atoms with Crippen molar-refractivity contribution in [3.05, 3.63) is 65.7 Å². The van der Waals surface area contributed by atoms with Crippen LogP contribution in [0, 0.1) is 6.92 Å². The molecule has 0 spiro atoms. The number of aryl methyl sites for hydroxylation is 1. The molecule has 32 heavy (non-hydrogen) atoms. The molecule has 1 amide bonds. The molecule has 0 bridgehead atoms. The number of aromatic amines is 1. The average molecular weight is 434 g/mol. The molecule has 0 unspecified atom stereocenters. The van der Waals surface area contributed by atoms with E-state index in [4.69, 9.17) is 4.74 Å². The van der Waals surface area contributed by atoms with E-state index >= 15 is 0 Å². The van der Waals surface area contributed by atoms with Crippen LogP contribution in [-0.2, 0) is 11.3 Å². The van der Waals surface area contributed by atoms with Gasteiger partial charge in [-0.3, -0.25) is 19.8 Å². The Bertz CT molecular complexity index is 1050. The molecule has 1 aromatic carbocycles. The van der Waals surface area contributed by atoms with Crippen LogP contribution in [0.5, 0.6) is 5.75 Å². The third-order valence-corrected chi connectivity index (χ3v) is 6.15. The maximum atomic E-state index is 13.3. The number of carbonyl (C=O) groups excluding carboxylic acids is 1. The molecular weight excluding hydrogens is 402 g/mol. The summed E-state index contributed by atoms with van der Waals surface area (Å²) in [7, 11) is 3.65. The Morgan fingerprint density at radius 2 is 2.00 bits per heavy atom. The Hall–Kier alpha value is -3.19. The number of carbonyl (C=O) groups is 1. The molecule has 1 aliphatic heterocycles. The second-order valence-corrected chi connectivity index (χ2v) is 8.51. The van der Waals surface area contributed by atoms with E-state index in [0.29, 0.717) is 13.1 Å². The number of pyridine rings is 1. The molecule has 0 aliphatic carbocycles. The first-order chi connectivity index (χ1) is 15.6. The first-order valence-corrected chi connectivity index (χ1v) is 11.1. The molecule has 1 fully saturated rings. The lowest BCUT2D eigenvalue weighted by molar-refractivity contribution is -0.136. The van der Waals surface area contributed by atoms with Crippen LogP contribution in [0.15, 0.2) is 48.9 Å². The lowest BCUT2D eigenvalue weighted by Gasteiger charge is -2.36. The van der Waals surface area contributed by atoms with Crippen molar-refractivity contribution in [1.29, 1.82) is 0 Å². The van der Waals surface area contributed by atoms with Gasteiger partial charge in [0, 0.05) is 31.0 Å². The number of benzene rings is 1. The molecule has 3 aromatic rings. The van der Waals surface area contributed by atoms with Crippen molar-refractivity contribution >= 4 is 5.91 Å². The third kappa shape index (κ3) is 4.83. The summed E-state index contributed by atoms with van der Waals surface area (Å²) >= 11 is 0. The number of nitrogens with one attached hydrogen (secondary N) is 1. The van der Waals surface area contributed by atoms with Crippen LogP contribution in [0.1, 0.15) is 42.1 Å². The first kappa shape index (κ1) is 22.0. The number of aromatic nitrogens is 3. The van der Waals surface area contributed by atoms with Gasteiger partial charge in [0.1, 0.15) is 5.75 Å². The molecule has 1 saturated heterocycles. The number of hydrogen-bond acceptors (Lipinski definition) is 5. The van der Waals surface area contributed by atoms with Crippen LogP contribution in [0.4, 0.5) is 0 Å². The van der Waals surface area contributed by atoms with E-state index in [-0.39, 0.29) is 11.9 Å². The van der Waals surface area contributed by atoms with Gasteiger partial charge in [-0.2, -0.15) is 5.10 Å². The highest BCUT2D eigenvalue weighted by Crippen LogP contribution is 2.36. The van der Waals surface area contributed by atoms with Crippen molar-refractivity contribution in [3.63, 3.8) is 0 Å². The molecule has 4 rings (SSSR count). The van der Waals surface area contributed by atoms with Gasteiger partial charge in [-0.1, -0.05) is 12.1 Å². The number of nitrogens with zero attached hydrogens (tertiary/aromatic N) is 4. The van der Waals surface area contributed by atoms with Gasteiger partial charge in [0.05, 0.1) is 31.6 Å². The molecule has 168 valence electrons. The zero-order valence-corrected chi connectivity index (χ0v) is 19.0. The Morgan fingerprint density at radius 3 is 2.75 bits per heavy atom. The molecule has 7 heteroatoms. The van der Waals surface area contributed by atoms with Gasteiger partial charge >= 0.3 is 0 Å². The highest BCUT2D eigenvalue weighted by atomic mass is 16.5. The van der Waals surface area contributed by atoms with Gasteiger partial charge in [-0.05, 0) is 68.1 Å². The zero-order valence-electron chi connectivity index (χ0n) is 19.0. The highest BCUT2D eigenvalue weighted by Gasteiger charge is 2.31. The predicted octanol–water partition coefficient (Wildman–Crippen LogP) is 3.97. The van der Waals surface area contributed by atoms with E-state index in [1.54, 1.807) is 13.3 Å².